The van der Waals surface area contributed by atoms with Crippen LogP contribution in [0.5, 0.6) is 0 Å². The van der Waals surface area contributed by atoms with E-state index in [-0.39, 0.29) is 17.8 Å². The Morgan fingerprint density at radius 1 is 1.28 bits per heavy atom. The van der Waals surface area contributed by atoms with E-state index in [1.807, 2.05) is 21.8 Å². The number of nitrogens with zero attached hydrogens (tertiary/aromatic N) is 4. The molecule has 7 heteroatoms. The summed E-state index contributed by atoms with van der Waals surface area (Å²) >= 11 is 0. The molecule has 1 saturated heterocycles. The first kappa shape index (κ1) is 15.6. The number of nitrogens with one attached hydrogen (secondary N) is 1. The molecule has 25 heavy (non-hydrogen) atoms. The van der Waals surface area contributed by atoms with E-state index in [0.29, 0.717) is 24.3 Å². The van der Waals surface area contributed by atoms with Gasteiger partial charge in [-0.3, -0.25) is 14.6 Å². The highest BCUT2D eigenvalue weighted by molar-refractivity contribution is 5.99. The van der Waals surface area contributed by atoms with Crippen LogP contribution in [0.4, 0.5) is 4.39 Å². The summed E-state index contributed by atoms with van der Waals surface area (Å²) in [5.74, 6) is -0.376. The van der Waals surface area contributed by atoms with Crippen molar-refractivity contribution in [1.82, 2.24) is 24.9 Å². The number of rotatable bonds is 3. The molecule has 1 N–H and O–H groups in total. The number of benzene rings is 1. The molecule has 6 nitrogen and oxygen atoms in total. The van der Waals surface area contributed by atoms with Crippen LogP contribution in [0.1, 0.15) is 29.2 Å². The number of hydrogen-bond acceptors (Lipinski definition) is 3. The van der Waals surface area contributed by atoms with Crippen LogP contribution in [0.2, 0.25) is 0 Å². The zero-order chi connectivity index (χ0) is 17.2. The van der Waals surface area contributed by atoms with Gasteiger partial charge < -0.3 is 4.90 Å². The van der Waals surface area contributed by atoms with Crippen LogP contribution >= 0.6 is 0 Å². The van der Waals surface area contributed by atoms with Crippen LogP contribution in [0.3, 0.4) is 0 Å². The van der Waals surface area contributed by atoms with E-state index in [0.717, 1.165) is 18.4 Å². The molecule has 0 saturated carbocycles. The lowest BCUT2D eigenvalue weighted by atomic mass is 10.0. The normalized spacial score (nSPS) is 17.6. The van der Waals surface area contributed by atoms with E-state index < -0.39 is 0 Å². The predicted molar refractivity (Wildman–Crippen MR) is 90.4 cm³/mol. The summed E-state index contributed by atoms with van der Waals surface area (Å²) in [7, 11) is 0. The van der Waals surface area contributed by atoms with E-state index in [2.05, 4.69) is 15.3 Å². The van der Waals surface area contributed by atoms with Crippen molar-refractivity contribution in [3.63, 3.8) is 0 Å². The van der Waals surface area contributed by atoms with Crippen LogP contribution in [-0.4, -0.2) is 43.9 Å². The fourth-order valence-corrected chi connectivity index (χ4v) is 3.31. The number of aromatic nitrogens is 4. The summed E-state index contributed by atoms with van der Waals surface area (Å²) < 4.78 is 15.1. The average Bonchev–Trinajstić information content (AvgIpc) is 3.34. The highest BCUT2D eigenvalue weighted by Crippen LogP contribution is 2.26. The number of amides is 1. The van der Waals surface area contributed by atoms with Gasteiger partial charge in [0, 0.05) is 31.0 Å². The van der Waals surface area contributed by atoms with Crippen molar-refractivity contribution < 1.29 is 9.18 Å². The maximum atomic E-state index is 13.1. The molecule has 3 heterocycles. The smallest absolute Gasteiger partial charge is 0.257 e. The van der Waals surface area contributed by atoms with Crippen LogP contribution < -0.4 is 0 Å². The Hall–Kier alpha value is -2.96. The maximum Gasteiger partial charge on any atom is 0.257 e. The molecule has 1 fully saturated rings. The van der Waals surface area contributed by atoms with Gasteiger partial charge in [-0.05, 0) is 43.2 Å². The molecule has 128 valence electrons. The van der Waals surface area contributed by atoms with Crippen LogP contribution in [-0.2, 0) is 0 Å². The topological polar surface area (TPSA) is 66.8 Å². The Kier molecular flexibility index (Phi) is 4.05. The lowest BCUT2D eigenvalue weighted by molar-refractivity contribution is 0.0674. The Balaban J connectivity index is 1.57. The summed E-state index contributed by atoms with van der Waals surface area (Å²) in [6, 6.07) is 8.11. The second-order valence-electron chi connectivity index (χ2n) is 6.20. The second kappa shape index (κ2) is 6.51. The van der Waals surface area contributed by atoms with Crippen molar-refractivity contribution >= 4 is 5.91 Å². The van der Waals surface area contributed by atoms with Crippen LogP contribution in [0, 0.1) is 5.82 Å². The van der Waals surface area contributed by atoms with Crippen molar-refractivity contribution in [2.24, 2.45) is 0 Å². The molecule has 0 aliphatic carbocycles. The summed E-state index contributed by atoms with van der Waals surface area (Å²) in [5.41, 5.74) is 1.86. The number of carbonyl (C=O) groups is 1. The monoisotopic (exact) mass is 339 g/mol. The van der Waals surface area contributed by atoms with E-state index in [1.54, 1.807) is 24.5 Å². The molecule has 0 bridgehead atoms. The number of aromatic amines is 1. The number of piperidine rings is 1. The number of halogens is 1. The van der Waals surface area contributed by atoms with E-state index >= 15 is 0 Å². The Morgan fingerprint density at radius 3 is 2.88 bits per heavy atom. The molecule has 1 amide bonds. The van der Waals surface area contributed by atoms with Gasteiger partial charge in [0.15, 0.2) is 0 Å². The van der Waals surface area contributed by atoms with Gasteiger partial charge in [-0.1, -0.05) is 0 Å². The molecule has 1 aliphatic heterocycles. The van der Waals surface area contributed by atoms with Crippen LogP contribution in [0.15, 0.2) is 48.9 Å². The standard InChI is InChI=1S/C18H18FN5O/c19-14-6-4-13(5-7-14)17-16(11-20-22-17)18(25)23-9-1-3-15(12-23)24-10-2-8-21-24/h2,4-8,10-11,15H,1,3,9,12H2,(H,20,22)/t15-/m0/s1. The molecule has 2 aromatic heterocycles. The molecule has 0 radical (unpaired) electrons. The van der Waals surface area contributed by atoms with Gasteiger partial charge in [0.2, 0.25) is 0 Å². The van der Waals surface area contributed by atoms with Gasteiger partial charge in [0.05, 0.1) is 23.5 Å². The fraction of sp³-hybridized carbons (Fsp3) is 0.278. The van der Waals surface area contributed by atoms with Gasteiger partial charge in [0.25, 0.3) is 5.91 Å². The lowest BCUT2D eigenvalue weighted by Gasteiger charge is -2.32. The third-order valence-electron chi connectivity index (χ3n) is 4.59. The number of likely N-dealkylation sites (tertiary alicyclic amines) is 1. The highest BCUT2D eigenvalue weighted by Gasteiger charge is 2.28. The van der Waals surface area contributed by atoms with E-state index in [1.165, 1.54) is 12.1 Å². The number of H-pyrrole nitrogens is 1. The van der Waals surface area contributed by atoms with Crippen molar-refractivity contribution in [2.45, 2.75) is 18.9 Å². The average molecular weight is 339 g/mol. The zero-order valence-corrected chi connectivity index (χ0v) is 13.6. The molecule has 4 rings (SSSR count). The lowest BCUT2D eigenvalue weighted by Crippen LogP contribution is -2.40. The first-order valence-electron chi connectivity index (χ1n) is 8.30. The largest absolute Gasteiger partial charge is 0.336 e. The van der Waals surface area contributed by atoms with Gasteiger partial charge in [-0.25, -0.2) is 4.39 Å². The van der Waals surface area contributed by atoms with Gasteiger partial charge in [0.1, 0.15) is 5.82 Å². The molecule has 0 spiro atoms. The predicted octanol–water partition coefficient (Wildman–Crippen LogP) is 2.89. The summed E-state index contributed by atoms with van der Waals surface area (Å²) in [4.78, 5) is 14.8. The Morgan fingerprint density at radius 2 is 2.12 bits per heavy atom. The fourth-order valence-electron chi connectivity index (χ4n) is 3.31. The minimum atomic E-state index is -0.311. The number of hydrogen-bond donors (Lipinski definition) is 1. The SMILES string of the molecule is O=C(c1cn[nH]c1-c1ccc(F)cc1)N1CCC[C@H](n2cccn2)C1. The number of carbonyl (C=O) groups excluding carboxylic acids is 1. The molecule has 1 atom stereocenters. The van der Waals surface area contributed by atoms with E-state index in [9.17, 15) is 9.18 Å². The van der Waals surface area contributed by atoms with Gasteiger partial charge >= 0.3 is 0 Å². The van der Waals surface area contributed by atoms with Crippen molar-refractivity contribution in [3.05, 3.63) is 60.3 Å². The molecule has 0 unspecified atom stereocenters. The Bertz CT molecular complexity index is 856. The highest BCUT2D eigenvalue weighted by atomic mass is 19.1. The third-order valence-corrected chi connectivity index (χ3v) is 4.59. The molecular formula is C18H18FN5O. The minimum absolute atomic E-state index is 0.0649. The maximum absolute atomic E-state index is 13.1. The Labute approximate surface area is 144 Å². The van der Waals surface area contributed by atoms with Gasteiger partial charge in [-0.15, -0.1) is 0 Å². The first-order chi connectivity index (χ1) is 12.2. The molecular weight excluding hydrogens is 321 g/mol. The van der Waals surface area contributed by atoms with Crippen molar-refractivity contribution in [3.8, 4) is 11.3 Å². The zero-order valence-electron chi connectivity index (χ0n) is 13.6. The molecule has 1 aromatic carbocycles. The van der Waals surface area contributed by atoms with Gasteiger partial charge in [-0.2, -0.15) is 10.2 Å². The van der Waals surface area contributed by atoms with E-state index in [4.69, 9.17) is 0 Å². The molecule has 3 aromatic rings. The third kappa shape index (κ3) is 3.05. The quantitative estimate of drug-likeness (QED) is 0.798. The summed E-state index contributed by atoms with van der Waals surface area (Å²) in [5, 5.41) is 11.2. The molecule has 1 aliphatic rings. The van der Waals surface area contributed by atoms with Crippen molar-refractivity contribution in [2.75, 3.05) is 13.1 Å². The minimum Gasteiger partial charge on any atom is -0.336 e. The van der Waals surface area contributed by atoms with Crippen LogP contribution in [0.25, 0.3) is 11.3 Å². The first-order valence-corrected chi connectivity index (χ1v) is 8.30. The summed E-state index contributed by atoms with van der Waals surface area (Å²) in [6.45, 7) is 1.33. The summed E-state index contributed by atoms with van der Waals surface area (Å²) in [6.07, 6.45) is 7.16. The van der Waals surface area contributed by atoms with Crippen molar-refractivity contribution in [1.29, 1.82) is 0 Å². The second-order valence-corrected chi connectivity index (χ2v) is 6.20.